The van der Waals surface area contributed by atoms with E-state index in [1.165, 1.54) is 6.92 Å². The number of carbonyl (C=O) groups is 4. The Morgan fingerprint density at radius 2 is 1.54 bits per heavy atom. The van der Waals surface area contributed by atoms with Crippen LogP contribution in [0.2, 0.25) is 0 Å². The quantitative estimate of drug-likeness (QED) is 0.166. The molecule has 11 heteroatoms. The van der Waals surface area contributed by atoms with Gasteiger partial charge in [-0.05, 0) is 38.6 Å². The molecule has 11 nitrogen and oxygen atoms in total. The molecule has 0 bridgehead atoms. The van der Waals surface area contributed by atoms with Gasteiger partial charge in [0.05, 0.1) is 6.61 Å². The Morgan fingerprint density at radius 3 is 2.00 bits per heavy atom. The third kappa shape index (κ3) is 9.11. The molecule has 0 radical (unpaired) electrons. The van der Waals surface area contributed by atoms with Crippen LogP contribution in [0.4, 0.5) is 0 Å². The maximum Gasteiger partial charge on any atom is 0.326 e. The standard InChI is InChI=1S/C17H33N5O6/c1-9(2)13(22-15(25)11(19)8-23)16(26)20-10(3)14(24)21-12(17(27)28)6-4-5-7-18/h9-13,23H,4-8,18-19H2,1-3H3,(H,20,26)(H,21,24)(H,22,25)(H,27,28). The number of hydrogen-bond donors (Lipinski definition) is 7. The third-order valence-electron chi connectivity index (χ3n) is 4.09. The molecule has 0 aromatic heterocycles. The van der Waals surface area contributed by atoms with Crippen molar-refractivity contribution in [3.05, 3.63) is 0 Å². The van der Waals surface area contributed by atoms with Gasteiger partial charge in [-0.2, -0.15) is 0 Å². The summed E-state index contributed by atoms with van der Waals surface area (Å²) in [7, 11) is 0. The molecule has 162 valence electrons. The number of carbonyl (C=O) groups excluding carboxylic acids is 3. The van der Waals surface area contributed by atoms with Gasteiger partial charge in [0.2, 0.25) is 17.7 Å². The lowest BCUT2D eigenvalue weighted by Gasteiger charge is -2.25. The van der Waals surface area contributed by atoms with Gasteiger partial charge in [-0.3, -0.25) is 14.4 Å². The molecule has 0 saturated heterocycles. The summed E-state index contributed by atoms with van der Waals surface area (Å²) in [5.74, 6) is -3.46. The Labute approximate surface area is 164 Å². The van der Waals surface area contributed by atoms with Crippen LogP contribution in [0.5, 0.6) is 0 Å². The molecule has 9 N–H and O–H groups in total. The van der Waals surface area contributed by atoms with E-state index in [2.05, 4.69) is 16.0 Å². The van der Waals surface area contributed by atoms with Crippen molar-refractivity contribution in [3.8, 4) is 0 Å². The zero-order chi connectivity index (χ0) is 21.9. The van der Waals surface area contributed by atoms with Gasteiger partial charge in [0.1, 0.15) is 24.2 Å². The van der Waals surface area contributed by atoms with Crippen molar-refractivity contribution < 1.29 is 29.4 Å². The highest BCUT2D eigenvalue weighted by Gasteiger charge is 2.29. The zero-order valence-corrected chi connectivity index (χ0v) is 16.6. The van der Waals surface area contributed by atoms with Crippen LogP contribution in [-0.2, 0) is 19.2 Å². The molecule has 0 saturated carbocycles. The van der Waals surface area contributed by atoms with Crippen molar-refractivity contribution in [3.63, 3.8) is 0 Å². The van der Waals surface area contributed by atoms with Gasteiger partial charge < -0.3 is 37.6 Å². The second-order valence-corrected chi connectivity index (χ2v) is 6.93. The lowest BCUT2D eigenvalue weighted by molar-refractivity contribution is -0.142. The number of aliphatic carboxylic acids is 1. The summed E-state index contributed by atoms with van der Waals surface area (Å²) in [4.78, 5) is 47.8. The summed E-state index contributed by atoms with van der Waals surface area (Å²) in [6.45, 7) is 4.65. The van der Waals surface area contributed by atoms with Crippen LogP contribution in [0, 0.1) is 5.92 Å². The number of nitrogens with two attached hydrogens (primary N) is 2. The second kappa shape index (κ2) is 13.0. The van der Waals surface area contributed by atoms with Gasteiger partial charge in [0.15, 0.2) is 0 Å². The first-order valence-corrected chi connectivity index (χ1v) is 9.25. The lowest BCUT2D eigenvalue weighted by Crippen LogP contribution is -2.58. The maximum absolute atomic E-state index is 12.4. The Balaban J connectivity index is 4.86. The molecule has 0 aliphatic heterocycles. The van der Waals surface area contributed by atoms with Crippen LogP contribution in [0.15, 0.2) is 0 Å². The summed E-state index contributed by atoms with van der Waals surface area (Å²) >= 11 is 0. The topological polar surface area (TPSA) is 197 Å². The average Bonchev–Trinajstić information content (AvgIpc) is 2.63. The van der Waals surface area contributed by atoms with Crippen LogP contribution < -0.4 is 27.4 Å². The monoisotopic (exact) mass is 403 g/mol. The van der Waals surface area contributed by atoms with E-state index >= 15 is 0 Å². The number of rotatable bonds is 13. The molecule has 4 unspecified atom stereocenters. The SMILES string of the molecule is CC(NC(=O)C(NC(=O)C(N)CO)C(C)C)C(=O)NC(CCCCN)C(=O)O. The maximum atomic E-state index is 12.4. The van der Waals surface area contributed by atoms with E-state index < -0.39 is 54.5 Å². The molecule has 0 aromatic carbocycles. The van der Waals surface area contributed by atoms with Gasteiger partial charge in [-0.1, -0.05) is 13.8 Å². The molecule has 28 heavy (non-hydrogen) atoms. The van der Waals surface area contributed by atoms with Crippen LogP contribution in [0.3, 0.4) is 0 Å². The minimum atomic E-state index is -1.17. The van der Waals surface area contributed by atoms with E-state index in [4.69, 9.17) is 16.6 Å². The van der Waals surface area contributed by atoms with Crippen LogP contribution in [0.25, 0.3) is 0 Å². The molecule has 0 rings (SSSR count). The first kappa shape index (κ1) is 25.8. The van der Waals surface area contributed by atoms with Crippen LogP contribution in [0.1, 0.15) is 40.0 Å². The van der Waals surface area contributed by atoms with E-state index in [0.717, 1.165) is 0 Å². The van der Waals surface area contributed by atoms with Gasteiger partial charge in [-0.15, -0.1) is 0 Å². The van der Waals surface area contributed by atoms with E-state index in [-0.39, 0.29) is 12.3 Å². The molecule has 0 heterocycles. The fourth-order valence-electron chi connectivity index (χ4n) is 2.29. The van der Waals surface area contributed by atoms with Gasteiger partial charge in [0.25, 0.3) is 0 Å². The molecule has 0 aromatic rings. The van der Waals surface area contributed by atoms with Crippen LogP contribution in [-0.4, -0.2) is 71.2 Å². The van der Waals surface area contributed by atoms with E-state index in [1.807, 2.05) is 0 Å². The molecular formula is C17H33N5O6. The summed E-state index contributed by atoms with van der Waals surface area (Å²) in [5, 5.41) is 25.4. The first-order valence-electron chi connectivity index (χ1n) is 9.25. The van der Waals surface area contributed by atoms with E-state index in [1.54, 1.807) is 13.8 Å². The number of hydrogen-bond acceptors (Lipinski definition) is 7. The fraction of sp³-hybridized carbons (Fsp3) is 0.765. The normalized spacial score (nSPS) is 15.2. The van der Waals surface area contributed by atoms with Crippen molar-refractivity contribution in [2.24, 2.45) is 17.4 Å². The molecule has 0 aliphatic carbocycles. The summed E-state index contributed by atoms with van der Waals surface area (Å²) in [6.07, 6.45) is 1.40. The van der Waals surface area contributed by atoms with Crippen molar-refractivity contribution in [2.45, 2.75) is 64.2 Å². The number of unbranched alkanes of at least 4 members (excludes halogenated alkanes) is 1. The smallest absolute Gasteiger partial charge is 0.326 e. The van der Waals surface area contributed by atoms with E-state index in [0.29, 0.717) is 19.4 Å². The Kier molecular flexibility index (Phi) is 12.0. The summed E-state index contributed by atoms with van der Waals surface area (Å²) < 4.78 is 0. The van der Waals surface area contributed by atoms with Crippen LogP contribution >= 0.6 is 0 Å². The summed E-state index contributed by atoms with van der Waals surface area (Å²) in [5.41, 5.74) is 10.8. The van der Waals surface area contributed by atoms with E-state index in [9.17, 15) is 24.3 Å². The number of aliphatic hydroxyl groups excluding tert-OH is 1. The van der Waals surface area contributed by atoms with Crippen molar-refractivity contribution >= 4 is 23.7 Å². The molecule has 3 amide bonds. The first-order chi connectivity index (χ1) is 13.0. The minimum Gasteiger partial charge on any atom is -0.480 e. The Morgan fingerprint density at radius 1 is 0.929 bits per heavy atom. The van der Waals surface area contributed by atoms with Gasteiger partial charge >= 0.3 is 5.97 Å². The highest BCUT2D eigenvalue weighted by atomic mass is 16.4. The molecule has 4 atom stereocenters. The Bertz CT molecular complexity index is 542. The molecule has 0 spiro atoms. The molecule has 0 fully saturated rings. The van der Waals surface area contributed by atoms with Crippen molar-refractivity contribution in [2.75, 3.05) is 13.2 Å². The number of carboxylic acid groups (broad SMARTS) is 1. The third-order valence-corrected chi connectivity index (χ3v) is 4.09. The molecule has 0 aliphatic rings. The zero-order valence-electron chi connectivity index (χ0n) is 16.6. The van der Waals surface area contributed by atoms with Crippen molar-refractivity contribution in [1.82, 2.24) is 16.0 Å². The Hall–Kier alpha value is -2.24. The molecular weight excluding hydrogens is 370 g/mol. The highest BCUT2D eigenvalue weighted by molar-refractivity contribution is 5.94. The number of aliphatic hydroxyl groups is 1. The lowest BCUT2D eigenvalue weighted by atomic mass is 10.0. The minimum absolute atomic E-state index is 0.225. The van der Waals surface area contributed by atoms with Gasteiger partial charge in [0, 0.05) is 0 Å². The number of nitrogens with one attached hydrogen (secondary N) is 3. The fourth-order valence-corrected chi connectivity index (χ4v) is 2.29. The summed E-state index contributed by atoms with van der Waals surface area (Å²) in [6, 6.07) is -4.24. The van der Waals surface area contributed by atoms with Crippen molar-refractivity contribution in [1.29, 1.82) is 0 Å². The highest BCUT2D eigenvalue weighted by Crippen LogP contribution is 2.04. The number of carboxylic acids is 1. The number of amides is 3. The predicted molar refractivity (Wildman–Crippen MR) is 102 cm³/mol. The average molecular weight is 403 g/mol. The largest absolute Gasteiger partial charge is 0.480 e. The van der Waals surface area contributed by atoms with Gasteiger partial charge in [-0.25, -0.2) is 4.79 Å². The second-order valence-electron chi connectivity index (χ2n) is 6.93. The predicted octanol–water partition coefficient (Wildman–Crippen LogP) is -2.35.